The number of hydrogen-bond donors (Lipinski definition) is 5. The van der Waals surface area contributed by atoms with E-state index >= 15 is 0 Å². The van der Waals surface area contributed by atoms with Gasteiger partial charge in [0.05, 0.1) is 30.4 Å². The zero-order chi connectivity index (χ0) is 32.3. The number of amides is 1. The lowest BCUT2D eigenvalue weighted by Gasteiger charge is -2.29. The normalized spacial score (nSPS) is 20.3. The highest BCUT2D eigenvalue weighted by molar-refractivity contribution is 6.10. The third-order valence-electron chi connectivity index (χ3n) is 8.55. The maximum absolute atomic E-state index is 13.4. The molecule has 5 N–H and O–H groups in total. The van der Waals surface area contributed by atoms with Crippen molar-refractivity contribution in [1.29, 1.82) is 10.8 Å². The van der Waals surface area contributed by atoms with Crippen LogP contribution < -0.4 is 10.2 Å². The molecule has 2 fully saturated rings. The van der Waals surface area contributed by atoms with Crippen molar-refractivity contribution in [2.24, 2.45) is 16.8 Å². The molecule has 5 rings (SSSR count). The lowest BCUT2D eigenvalue weighted by Crippen LogP contribution is -2.31. The monoisotopic (exact) mass is 625 g/mol. The summed E-state index contributed by atoms with van der Waals surface area (Å²) < 4.78 is 10.9. The number of nitrogens with zero attached hydrogens (tertiary/aromatic N) is 2. The van der Waals surface area contributed by atoms with Crippen molar-refractivity contribution in [3.63, 3.8) is 0 Å². The minimum Gasteiger partial charge on any atom is -0.420 e. The van der Waals surface area contributed by atoms with Crippen molar-refractivity contribution < 1.29 is 24.5 Å². The van der Waals surface area contributed by atoms with Gasteiger partial charge in [-0.1, -0.05) is 30.0 Å². The summed E-state index contributed by atoms with van der Waals surface area (Å²) in [4.78, 5) is 20.1. The first kappa shape index (κ1) is 33.1. The average molecular weight is 626 g/mol. The molecule has 0 radical (unpaired) electrons. The molecule has 0 bridgehead atoms. The largest absolute Gasteiger partial charge is 0.420 e. The first-order valence-electron chi connectivity index (χ1n) is 16.2. The van der Waals surface area contributed by atoms with Gasteiger partial charge in [-0.25, -0.2) is 0 Å². The molecular formula is C36H43N5O5. The van der Waals surface area contributed by atoms with E-state index in [-0.39, 0.29) is 30.2 Å². The van der Waals surface area contributed by atoms with Gasteiger partial charge in [0.15, 0.2) is 0 Å². The second-order valence-corrected chi connectivity index (χ2v) is 11.8. The quantitative estimate of drug-likeness (QED) is 0.0976. The number of aliphatic imine (C=N–C) groups is 1. The van der Waals surface area contributed by atoms with E-state index in [1.54, 1.807) is 18.2 Å². The molecule has 3 aliphatic rings. The van der Waals surface area contributed by atoms with Crippen molar-refractivity contribution in [3.8, 4) is 11.8 Å². The Morgan fingerprint density at radius 2 is 1.96 bits per heavy atom. The van der Waals surface area contributed by atoms with E-state index in [2.05, 4.69) is 33.1 Å². The lowest BCUT2D eigenvalue weighted by atomic mass is 9.76. The smallest absolute Gasteiger partial charge is 0.255 e. The second kappa shape index (κ2) is 16.3. The summed E-state index contributed by atoms with van der Waals surface area (Å²) in [5, 5.41) is 39.9. The fraction of sp³-hybridized carbons (Fsp3) is 0.444. The van der Waals surface area contributed by atoms with Crippen LogP contribution >= 0.6 is 0 Å². The number of nitrogens with one attached hydrogen (secondary N) is 3. The van der Waals surface area contributed by atoms with Crippen LogP contribution in [0, 0.1) is 34.5 Å². The number of carbonyl (C=O) groups excluding carboxylic acids is 1. The van der Waals surface area contributed by atoms with Gasteiger partial charge in [-0.15, -0.1) is 0 Å². The van der Waals surface area contributed by atoms with Crippen LogP contribution in [0.2, 0.25) is 0 Å². The highest BCUT2D eigenvalue weighted by Crippen LogP contribution is 2.31. The first-order valence-corrected chi connectivity index (χ1v) is 16.2. The second-order valence-electron chi connectivity index (χ2n) is 11.8. The SMILES string of the molecule is N=C(OC(=N)C(O)/N=C1/CCCC2C=CC#CC12)c1cc(N2CCCCC2)ccc1NC(=O)c1cccc(CCCOCCO)c1. The number of hydrogen-bond acceptors (Lipinski definition) is 9. The zero-order valence-electron chi connectivity index (χ0n) is 26.1. The van der Waals surface area contributed by atoms with E-state index < -0.39 is 12.1 Å². The lowest BCUT2D eigenvalue weighted by molar-refractivity contribution is 0.0909. The van der Waals surface area contributed by atoms with Gasteiger partial charge in [0.1, 0.15) is 0 Å². The van der Waals surface area contributed by atoms with E-state index in [1.165, 1.54) is 6.42 Å². The predicted molar refractivity (Wildman–Crippen MR) is 180 cm³/mol. The Morgan fingerprint density at radius 3 is 2.78 bits per heavy atom. The fourth-order valence-corrected chi connectivity index (χ4v) is 6.16. The minimum atomic E-state index is -1.57. The number of carbonyl (C=O) groups is 1. The Bertz CT molecular complexity index is 1530. The van der Waals surface area contributed by atoms with Crippen LogP contribution in [0.1, 0.15) is 66.4 Å². The maximum Gasteiger partial charge on any atom is 0.255 e. The number of rotatable bonds is 12. The molecule has 0 spiro atoms. The number of benzene rings is 2. The summed E-state index contributed by atoms with van der Waals surface area (Å²) in [6, 6.07) is 12.8. The Labute approximate surface area is 270 Å². The number of anilines is 2. The van der Waals surface area contributed by atoms with Gasteiger partial charge >= 0.3 is 0 Å². The molecule has 242 valence electrons. The van der Waals surface area contributed by atoms with E-state index in [0.29, 0.717) is 36.4 Å². The van der Waals surface area contributed by atoms with Crippen molar-refractivity contribution >= 4 is 34.8 Å². The van der Waals surface area contributed by atoms with Gasteiger partial charge in [-0.2, -0.15) is 0 Å². The number of aliphatic hydroxyl groups excluding tert-OH is 2. The molecule has 1 amide bonds. The summed E-state index contributed by atoms with van der Waals surface area (Å²) in [6.45, 7) is 2.60. The third kappa shape index (κ3) is 8.69. The summed E-state index contributed by atoms with van der Waals surface area (Å²) in [5.74, 6) is 5.09. The number of allylic oxidation sites excluding steroid dienone is 2. The van der Waals surface area contributed by atoms with E-state index in [9.17, 15) is 9.90 Å². The molecule has 0 aromatic heterocycles. The van der Waals surface area contributed by atoms with Crippen LogP contribution in [0.3, 0.4) is 0 Å². The Morgan fingerprint density at radius 1 is 1.11 bits per heavy atom. The minimum absolute atomic E-state index is 0.00974. The van der Waals surface area contributed by atoms with Crippen molar-refractivity contribution in [2.75, 3.05) is 43.1 Å². The van der Waals surface area contributed by atoms with Gasteiger partial charge in [0.25, 0.3) is 5.91 Å². The predicted octanol–water partition coefficient (Wildman–Crippen LogP) is 4.94. The van der Waals surface area contributed by atoms with E-state index in [1.807, 2.05) is 30.3 Å². The van der Waals surface area contributed by atoms with Crippen LogP contribution in [0.5, 0.6) is 0 Å². The standard InChI is InChI=1S/C36H43N5O5/c37-33(46-34(38)36(44)40-31-15-7-12-26-11-2-3-14-29(26)31)30-24-28(41-18-4-1-5-19-41)16-17-32(30)39-35(43)27-13-6-9-25(23-27)10-8-21-45-22-20-42/h2,6,9,11,13,16-17,23-24,26,29,36-38,42,44H,1,4-5,7-8,10,12,15,18-22H2,(H,39,43)/b37-33?,38-34?,40-31-. The van der Waals surface area contributed by atoms with Crippen LogP contribution in [0.15, 0.2) is 59.6 Å². The molecule has 3 unspecified atom stereocenters. The fourth-order valence-electron chi connectivity index (χ4n) is 6.16. The molecule has 46 heavy (non-hydrogen) atoms. The van der Waals surface area contributed by atoms with Gasteiger partial charge < -0.3 is 29.9 Å². The molecule has 10 heteroatoms. The Balaban J connectivity index is 1.31. The topological polar surface area (TPSA) is 151 Å². The highest BCUT2D eigenvalue weighted by atomic mass is 16.5. The summed E-state index contributed by atoms with van der Waals surface area (Å²) in [6.07, 6.45) is 9.80. The number of fused-ring (bicyclic) bond motifs is 1. The molecule has 1 saturated carbocycles. The van der Waals surface area contributed by atoms with Crippen molar-refractivity contribution in [2.45, 2.75) is 57.6 Å². The van der Waals surface area contributed by atoms with Crippen molar-refractivity contribution in [1.82, 2.24) is 0 Å². The number of ether oxygens (including phenoxy) is 2. The average Bonchev–Trinajstić information content (AvgIpc) is 3.09. The number of piperidine rings is 1. The molecular weight excluding hydrogens is 582 g/mol. The van der Waals surface area contributed by atoms with Gasteiger partial charge in [-0.3, -0.25) is 20.6 Å². The van der Waals surface area contributed by atoms with Crippen LogP contribution in [0.25, 0.3) is 0 Å². The summed E-state index contributed by atoms with van der Waals surface area (Å²) >= 11 is 0. The summed E-state index contributed by atoms with van der Waals surface area (Å²) in [7, 11) is 0. The van der Waals surface area contributed by atoms with E-state index in [0.717, 1.165) is 68.6 Å². The zero-order valence-corrected chi connectivity index (χ0v) is 26.1. The Kier molecular flexibility index (Phi) is 11.7. The van der Waals surface area contributed by atoms with Crippen LogP contribution in [-0.2, 0) is 15.9 Å². The third-order valence-corrected chi connectivity index (χ3v) is 8.55. The molecule has 2 aromatic rings. The van der Waals surface area contributed by atoms with Crippen LogP contribution in [0.4, 0.5) is 11.4 Å². The molecule has 1 aliphatic heterocycles. The molecule has 10 nitrogen and oxygen atoms in total. The highest BCUT2D eigenvalue weighted by Gasteiger charge is 2.30. The number of aryl methyl sites for hydroxylation is 1. The maximum atomic E-state index is 13.4. The van der Waals surface area contributed by atoms with Gasteiger partial charge in [0.2, 0.25) is 18.0 Å². The molecule has 1 saturated heterocycles. The van der Waals surface area contributed by atoms with E-state index in [4.69, 9.17) is 25.4 Å². The molecule has 2 aliphatic carbocycles. The van der Waals surface area contributed by atoms with Crippen molar-refractivity contribution in [3.05, 3.63) is 71.3 Å². The van der Waals surface area contributed by atoms with Gasteiger partial charge in [-0.05, 0) is 99.3 Å². The van der Waals surface area contributed by atoms with Gasteiger partial charge in [0, 0.05) is 36.7 Å². The molecule has 3 atom stereocenters. The molecule has 1 heterocycles. The number of aliphatic hydroxyl groups is 2. The first-order chi connectivity index (χ1) is 22.4. The molecule has 2 aromatic carbocycles. The van der Waals surface area contributed by atoms with Crippen LogP contribution in [-0.4, -0.2) is 72.8 Å². The summed E-state index contributed by atoms with van der Waals surface area (Å²) in [5.41, 5.74) is 3.78. The Hall–Kier alpha value is -4.30.